The van der Waals surface area contributed by atoms with Gasteiger partial charge in [-0.15, -0.1) is 0 Å². The highest BCUT2D eigenvalue weighted by atomic mass is 32.2. The molecule has 0 radical (unpaired) electrons. The summed E-state index contributed by atoms with van der Waals surface area (Å²) in [6, 6.07) is -0.855. The van der Waals surface area contributed by atoms with E-state index in [2.05, 4.69) is 5.32 Å². The lowest BCUT2D eigenvalue weighted by Crippen LogP contribution is -2.58. The van der Waals surface area contributed by atoms with Crippen LogP contribution in [0.4, 0.5) is 0 Å². The average molecular weight is 276 g/mol. The Kier molecular flexibility index (Phi) is 6.16. The smallest absolute Gasteiger partial charge is 0.326 e. The predicted molar refractivity (Wildman–Crippen MR) is 74.6 cm³/mol. The van der Waals surface area contributed by atoms with Crippen molar-refractivity contribution in [2.24, 2.45) is 11.1 Å². The zero-order valence-electron chi connectivity index (χ0n) is 11.7. The van der Waals surface area contributed by atoms with Crippen LogP contribution < -0.4 is 11.1 Å². The number of thioether (sulfide) groups is 1. The Morgan fingerprint density at radius 1 is 1.33 bits per heavy atom. The Morgan fingerprint density at radius 3 is 2.17 bits per heavy atom. The minimum Gasteiger partial charge on any atom is -0.480 e. The van der Waals surface area contributed by atoms with Gasteiger partial charge in [0, 0.05) is 5.54 Å². The molecule has 1 atom stereocenters. The largest absolute Gasteiger partial charge is 0.480 e. The van der Waals surface area contributed by atoms with Crippen molar-refractivity contribution in [3.8, 4) is 0 Å². The van der Waals surface area contributed by atoms with Gasteiger partial charge in [-0.3, -0.25) is 4.79 Å². The third-order valence-electron chi connectivity index (χ3n) is 3.39. The van der Waals surface area contributed by atoms with E-state index < -0.39 is 23.0 Å². The quantitative estimate of drug-likeness (QED) is 0.647. The molecule has 0 aliphatic heterocycles. The molecule has 0 spiro atoms. The molecular formula is C12H24N2O3S. The normalized spacial score (nSPS) is 14.1. The Labute approximate surface area is 113 Å². The minimum atomic E-state index is -1.01. The molecule has 0 unspecified atom stereocenters. The predicted octanol–water partition coefficient (Wildman–Crippen LogP) is 1.07. The molecule has 0 saturated heterocycles. The fourth-order valence-electron chi connectivity index (χ4n) is 1.12. The van der Waals surface area contributed by atoms with Gasteiger partial charge in [0.1, 0.15) is 6.04 Å². The van der Waals surface area contributed by atoms with Crippen LogP contribution in [0.2, 0.25) is 0 Å². The highest BCUT2D eigenvalue weighted by Crippen LogP contribution is 2.28. The standard InChI is InChI=1S/C12H24N2O3S/c1-11(2,12(3,4)13)10(17)14-8(9(15)16)6-7-18-5/h8H,6-7,13H2,1-5H3,(H,14,17)(H,15,16)/t8-/m0/s1. The van der Waals surface area contributed by atoms with Crippen molar-refractivity contribution in [3.05, 3.63) is 0 Å². The van der Waals surface area contributed by atoms with E-state index in [0.717, 1.165) is 0 Å². The number of rotatable bonds is 7. The van der Waals surface area contributed by atoms with Crippen LogP contribution in [0.25, 0.3) is 0 Å². The van der Waals surface area contributed by atoms with Crippen LogP contribution >= 0.6 is 11.8 Å². The molecule has 5 nitrogen and oxygen atoms in total. The zero-order valence-corrected chi connectivity index (χ0v) is 12.6. The van der Waals surface area contributed by atoms with Gasteiger partial charge in [-0.25, -0.2) is 4.79 Å². The topological polar surface area (TPSA) is 92.4 Å². The Balaban J connectivity index is 4.75. The number of carbonyl (C=O) groups excluding carboxylic acids is 1. The molecular weight excluding hydrogens is 252 g/mol. The Hall–Kier alpha value is -0.750. The molecule has 0 aliphatic carbocycles. The van der Waals surface area contributed by atoms with Gasteiger partial charge in [-0.05, 0) is 46.1 Å². The van der Waals surface area contributed by atoms with Gasteiger partial charge in [0.25, 0.3) is 0 Å². The molecule has 0 aromatic heterocycles. The van der Waals surface area contributed by atoms with E-state index in [1.54, 1.807) is 39.5 Å². The van der Waals surface area contributed by atoms with Gasteiger partial charge < -0.3 is 16.2 Å². The van der Waals surface area contributed by atoms with Crippen LogP contribution in [0.3, 0.4) is 0 Å². The number of carboxylic acid groups (broad SMARTS) is 1. The lowest BCUT2D eigenvalue weighted by molar-refractivity contribution is -0.144. The van der Waals surface area contributed by atoms with Crippen LogP contribution in [0.5, 0.6) is 0 Å². The summed E-state index contributed by atoms with van der Waals surface area (Å²) in [5.74, 6) is -0.657. The summed E-state index contributed by atoms with van der Waals surface area (Å²) in [6.45, 7) is 6.94. The first kappa shape index (κ1) is 17.2. The van der Waals surface area contributed by atoms with Crippen LogP contribution in [0.15, 0.2) is 0 Å². The van der Waals surface area contributed by atoms with Gasteiger partial charge in [0.15, 0.2) is 0 Å². The van der Waals surface area contributed by atoms with E-state index in [0.29, 0.717) is 12.2 Å². The first-order valence-electron chi connectivity index (χ1n) is 5.85. The van der Waals surface area contributed by atoms with E-state index in [1.165, 1.54) is 0 Å². The second-order valence-electron chi connectivity index (χ2n) is 5.49. The summed E-state index contributed by atoms with van der Waals surface area (Å²) in [5.41, 5.74) is 4.40. The molecule has 0 heterocycles. The molecule has 106 valence electrons. The second kappa shape index (κ2) is 6.43. The first-order valence-corrected chi connectivity index (χ1v) is 7.25. The number of nitrogens with one attached hydrogen (secondary N) is 1. The maximum atomic E-state index is 12.1. The molecule has 0 aromatic rings. The molecule has 0 aromatic carbocycles. The van der Waals surface area contributed by atoms with Crippen molar-refractivity contribution >= 4 is 23.6 Å². The molecule has 18 heavy (non-hydrogen) atoms. The SMILES string of the molecule is CSCC[C@H](NC(=O)C(C)(C)C(C)(C)N)C(=O)O. The summed E-state index contributed by atoms with van der Waals surface area (Å²) in [4.78, 5) is 23.2. The van der Waals surface area contributed by atoms with E-state index >= 15 is 0 Å². The summed E-state index contributed by atoms with van der Waals surface area (Å²) < 4.78 is 0. The number of carbonyl (C=O) groups is 2. The zero-order chi connectivity index (χ0) is 14.6. The number of amides is 1. The van der Waals surface area contributed by atoms with Crippen LogP contribution in [-0.4, -0.2) is 40.6 Å². The Morgan fingerprint density at radius 2 is 1.83 bits per heavy atom. The summed E-state index contributed by atoms with van der Waals surface area (Å²) >= 11 is 1.55. The lowest BCUT2D eigenvalue weighted by Gasteiger charge is -2.37. The van der Waals surface area contributed by atoms with Crippen molar-refractivity contribution in [1.82, 2.24) is 5.32 Å². The van der Waals surface area contributed by atoms with Gasteiger partial charge in [0.05, 0.1) is 5.41 Å². The van der Waals surface area contributed by atoms with Crippen molar-refractivity contribution in [2.75, 3.05) is 12.0 Å². The summed E-state index contributed by atoms with van der Waals surface area (Å²) in [5, 5.41) is 11.6. The number of hydrogen-bond donors (Lipinski definition) is 3. The summed E-state index contributed by atoms with van der Waals surface area (Å²) in [6.07, 6.45) is 2.30. The number of carboxylic acids is 1. The first-order chi connectivity index (χ1) is 8.04. The molecule has 0 rings (SSSR count). The van der Waals surface area contributed by atoms with E-state index in [1.807, 2.05) is 6.26 Å². The maximum absolute atomic E-state index is 12.1. The van der Waals surface area contributed by atoms with Crippen molar-refractivity contribution in [2.45, 2.75) is 45.7 Å². The maximum Gasteiger partial charge on any atom is 0.326 e. The van der Waals surface area contributed by atoms with E-state index in [4.69, 9.17) is 10.8 Å². The minimum absolute atomic E-state index is 0.330. The van der Waals surface area contributed by atoms with Gasteiger partial charge in [-0.1, -0.05) is 0 Å². The van der Waals surface area contributed by atoms with Crippen molar-refractivity contribution < 1.29 is 14.7 Å². The van der Waals surface area contributed by atoms with Crippen LogP contribution in [0, 0.1) is 5.41 Å². The number of aliphatic carboxylic acids is 1. The fraction of sp³-hybridized carbons (Fsp3) is 0.833. The molecule has 4 N–H and O–H groups in total. The molecule has 1 amide bonds. The third kappa shape index (κ3) is 4.49. The second-order valence-corrected chi connectivity index (χ2v) is 6.48. The van der Waals surface area contributed by atoms with Crippen molar-refractivity contribution in [3.63, 3.8) is 0 Å². The molecule has 6 heteroatoms. The summed E-state index contributed by atoms with van der Waals surface area (Å²) in [7, 11) is 0. The highest BCUT2D eigenvalue weighted by molar-refractivity contribution is 7.98. The Bertz CT molecular complexity index is 311. The van der Waals surface area contributed by atoms with Gasteiger partial charge in [-0.2, -0.15) is 11.8 Å². The molecule has 0 fully saturated rings. The third-order valence-corrected chi connectivity index (χ3v) is 4.04. The molecule has 0 aliphatic rings. The molecule has 0 saturated carbocycles. The van der Waals surface area contributed by atoms with Gasteiger partial charge >= 0.3 is 5.97 Å². The van der Waals surface area contributed by atoms with E-state index in [9.17, 15) is 9.59 Å². The van der Waals surface area contributed by atoms with Crippen LogP contribution in [-0.2, 0) is 9.59 Å². The lowest BCUT2D eigenvalue weighted by atomic mass is 9.74. The van der Waals surface area contributed by atoms with E-state index in [-0.39, 0.29) is 5.91 Å². The number of hydrogen-bond acceptors (Lipinski definition) is 4. The highest BCUT2D eigenvalue weighted by Gasteiger charge is 2.41. The number of nitrogens with two attached hydrogens (primary N) is 1. The fourth-order valence-corrected chi connectivity index (χ4v) is 1.60. The van der Waals surface area contributed by atoms with Gasteiger partial charge in [0.2, 0.25) is 5.91 Å². The van der Waals surface area contributed by atoms with Crippen molar-refractivity contribution in [1.29, 1.82) is 0 Å². The van der Waals surface area contributed by atoms with Crippen LogP contribution in [0.1, 0.15) is 34.1 Å². The average Bonchev–Trinajstić information content (AvgIpc) is 2.21. The molecule has 0 bridgehead atoms. The monoisotopic (exact) mass is 276 g/mol.